The zero-order chi connectivity index (χ0) is 13.2. The maximum atomic E-state index is 13.9. The first kappa shape index (κ1) is 12.1. The summed E-state index contributed by atoms with van der Waals surface area (Å²) in [7, 11) is 0. The Morgan fingerprint density at radius 2 is 2.05 bits per heavy atom. The topological polar surface area (TPSA) is 37.8 Å². The van der Waals surface area contributed by atoms with Crippen LogP contribution in [0.3, 0.4) is 0 Å². The van der Waals surface area contributed by atoms with Gasteiger partial charge in [-0.3, -0.25) is 0 Å². The van der Waals surface area contributed by atoms with Gasteiger partial charge in [0.15, 0.2) is 0 Å². The summed E-state index contributed by atoms with van der Waals surface area (Å²) in [5, 5.41) is 3.19. The third-order valence-corrected chi connectivity index (χ3v) is 3.19. The van der Waals surface area contributed by atoms with Gasteiger partial charge < -0.3 is 5.32 Å². The Kier molecular flexibility index (Phi) is 3.15. The molecule has 1 fully saturated rings. The van der Waals surface area contributed by atoms with E-state index in [1.807, 2.05) is 19.1 Å². The van der Waals surface area contributed by atoms with Crippen molar-refractivity contribution < 1.29 is 4.39 Å². The normalized spacial score (nSPS) is 14.4. The van der Waals surface area contributed by atoms with Gasteiger partial charge in [-0.15, -0.1) is 0 Å². The van der Waals surface area contributed by atoms with Crippen molar-refractivity contribution >= 4 is 5.82 Å². The molecule has 1 aliphatic rings. The van der Waals surface area contributed by atoms with Gasteiger partial charge in [0.25, 0.3) is 0 Å². The van der Waals surface area contributed by atoms with Crippen LogP contribution in [-0.4, -0.2) is 16.5 Å². The van der Waals surface area contributed by atoms with Gasteiger partial charge in [-0.1, -0.05) is 12.1 Å². The van der Waals surface area contributed by atoms with E-state index in [0.29, 0.717) is 17.2 Å². The van der Waals surface area contributed by atoms with Crippen LogP contribution in [0, 0.1) is 5.82 Å². The van der Waals surface area contributed by atoms with Gasteiger partial charge in [0.2, 0.25) is 0 Å². The van der Waals surface area contributed by atoms with Gasteiger partial charge in [0, 0.05) is 24.1 Å². The molecule has 1 aromatic carbocycles. The first-order chi connectivity index (χ1) is 9.28. The zero-order valence-electron chi connectivity index (χ0n) is 10.9. The van der Waals surface area contributed by atoms with E-state index in [0.717, 1.165) is 31.0 Å². The molecule has 1 saturated carbocycles. The number of aromatic nitrogens is 2. The lowest BCUT2D eigenvalue weighted by Crippen LogP contribution is -2.04. The summed E-state index contributed by atoms with van der Waals surface area (Å²) in [4.78, 5) is 9.01. The van der Waals surface area contributed by atoms with Crippen molar-refractivity contribution in [3.8, 4) is 11.3 Å². The number of anilines is 1. The highest BCUT2D eigenvalue weighted by Crippen LogP contribution is 2.39. The van der Waals surface area contributed by atoms with E-state index in [9.17, 15) is 4.39 Å². The van der Waals surface area contributed by atoms with Crippen LogP contribution in [0.25, 0.3) is 11.3 Å². The number of hydrogen-bond acceptors (Lipinski definition) is 3. The van der Waals surface area contributed by atoms with Crippen LogP contribution in [-0.2, 0) is 0 Å². The van der Waals surface area contributed by atoms with Crippen molar-refractivity contribution in [1.82, 2.24) is 9.97 Å². The van der Waals surface area contributed by atoms with E-state index in [1.54, 1.807) is 12.1 Å². The minimum atomic E-state index is -0.245. The maximum absolute atomic E-state index is 13.9. The molecule has 3 nitrogen and oxygen atoms in total. The molecule has 2 aromatic rings. The van der Waals surface area contributed by atoms with Crippen molar-refractivity contribution in [2.45, 2.75) is 25.7 Å². The minimum absolute atomic E-state index is 0.245. The quantitative estimate of drug-likeness (QED) is 0.909. The molecule has 0 unspecified atom stereocenters. The molecule has 3 rings (SSSR count). The molecule has 98 valence electrons. The lowest BCUT2D eigenvalue weighted by molar-refractivity contribution is 0.630. The fourth-order valence-electron chi connectivity index (χ4n) is 2.07. The van der Waals surface area contributed by atoms with Crippen molar-refractivity contribution in [3.05, 3.63) is 42.0 Å². The van der Waals surface area contributed by atoms with Crippen LogP contribution in [0.4, 0.5) is 10.2 Å². The number of nitrogens with zero attached hydrogens (tertiary/aromatic N) is 2. The summed E-state index contributed by atoms with van der Waals surface area (Å²) < 4.78 is 13.9. The Morgan fingerprint density at radius 1 is 1.26 bits per heavy atom. The molecule has 0 atom stereocenters. The van der Waals surface area contributed by atoms with Gasteiger partial charge in [-0.05, 0) is 31.9 Å². The van der Waals surface area contributed by atoms with Crippen LogP contribution < -0.4 is 5.32 Å². The second-order valence-electron chi connectivity index (χ2n) is 4.78. The monoisotopic (exact) mass is 257 g/mol. The Hall–Kier alpha value is -1.97. The van der Waals surface area contributed by atoms with Crippen molar-refractivity contribution in [1.29, 1.82) is 0 Å². The Morgan fingerprint density at radius 3 is 2.74 bits per heavy atom. The van der Waals surface area contributed by atoms with Gasteiger partial charge in [0.1, 0.15) is 17.5 Å². The summed E-state index contributed by atoms with van der Waals surface area (Å²) >= 11 is 0. The summed E-state index contributed by atoms with van der Waals surface area (Å²) in [5.74, 6) is 1.81. The third-order valence-electron chi connectivity index (χ3n) is 3.19. The molecule has 0 amide bonds. The van der Waals surface area contributed by atoms with Crippen LogP contribution >= 0.6 is 0 Å². The molecule has 0 bridgehead atoms. The highest BCUT2D eigenvalue weighted by atomic mass is 19.1. The van der Waals surface area contributed by atoms with E-state index >= 15 is 0 Å². The number of nitrogens with one attached hydrogen (secondary N) is 1. The van der Waals surface area contributed by atoms with Gasteiger partial charge in [-0.25, -0.2) is 14.4 Å². The fourth-order valence-corrected chi connectivity index (χ4v) is 2.07. The molecule has 19 heavy (non-hydrogen) atoms. The van der Waals surface area contributed by atoms with E-state index in [2.05, 4.69) is 15.3 Å². The minimum Gasteiger partial charge on any atom is -0.370 e. The van der Waals surface area contributed by atoms with Crippen molar-refractivity contribution in [2.75, 3.05) is 11.9 Å². The van der Waals surface area contributed by atoms with Crippen LogP contribution in [0.5, 0.6) is 0 Å². The third kappa shape index (κ3) is 2.57. The molecule has 1 N–H and O–H groups in total. The number of benzene rings is 1. The standard InChI is InChI=1S/C15H16FN3/c1-2-17-14-9-13(11-5-3-4-6-12(11)16)18-15(19-14)10-7-8-10/h3-6,9-10H,2,7-8H2,1H3,(H,17,18,19). The second kappa shape index (κ2) is 4.96. The molecular formula is C15H16FN3. The average molecular weight is 257 g/mol. The summed E-state index contributed by atoms with van der Waals surface area (Å²) in [5.41, 5.74) is 1.19. The highest BCUT2D eigenvalue weighted by Gasteiger charge is 2.27. The zero-order valence-corrected chi connectivity index (χ0v) is 10.9. The second-order valence-corrected chi connectivity index (χ2v) is 4.78. The van der Waals surface area contributed by atoms with Gasteiger partial charge >= 0.3 is 0 Å². The first-order valence-corrected chi connectivity index (χ1v) is 6.65. The van der Waals surface area contributed by atoms with E-state index < -0.39 is 0 Å². The molecular weight excluding hydrogens is 241 g/mol. The highest BCUT2D eigenvalue weighted by molar-refractivity contribution is 5.63. The molecule has 1 heterocycles. The number of hydrogen-bond donors (Lipinski definition) is 1. The molecule has 0 aliphatic heterocycles. The van der Waals surface area contributed by atoms with Crippen LogP contribution in [0.2, 0.25) is 0 Å². The Bertz CT molecular complexity index is 594. The van der Waals surface area contributed by atoms with Crippen molar-refractivity contribution in [2.24, 2.45) is 0 Å². The Labute approximate surface area is 111 Å². The number of rotatable bonds is 4. The first-order valence-electron chi connectivity index (χ1n) is 6.65. The van der Waals surface area contributed by atoms with E-state index in [4.69, 9.17) is 0 Å². The predicted octanol–water partition coefficient (Wildman–Crippen LogP) is 3.59. The largest absolute Gasteiger partial charge is 0.370 e. The molecule has 1 aliphatic carbocycles. The van der Waals surface area contributed by atoms with Gasteiger partial charge in [0.05, 0.1) is 5.69 Å². The summed E-state index contributed by atoms with van der Waals surface area (Å²) in [6.07, 6.45) is 2.26. The molecule has 4 heteroatoms. The SMILES string of the molecule is CCNc1cc(-c2ccccc2F)nc(C2CC2)n1. The number of halogens is 1. The van der Waals surface area contributed by atoms with Crippen LogP contribution in [0.15, 0.2) is 30.3 Å². The lowest BCUT2D eigenvalue weighted by Gasteiger charge is -2.09. The van der Waals surface area contributed by atoms with Crippen LogP contribution in [0.1, 0.15) is 31.5 Å². The summed E-state index contributed by atoms with van der Waals surface area (Å²) in [6.45, 7) is 2.81. The van der Waals surface area contributed by atoms with Crippen molar-refractivity contribution in [3.63, 3.8) is 0 Å². The molecule has 0 spiro atoms. The molecule has 0 radical (unpaired) electrons. The average Bonchev–Trinajstić information content (AvgIpc) is 3.23. The fraction of sp³-hybridized carbons (Fsp3) is 0.333. The molecule has 1 aromatic heterocycles. The maximum Gasteiger partial charge on any atom is 0.134 e. The molecule has 0 saturated heterocycles. The van der Waals surface area contributed by atoms with E-state index in [1.165, 1.54) is 6.07 Å². The lowest BCUT2D eigenvalue weighted by atomic mass is 10.1. The Balaban J connectivity index is 2.06. The van der Waals surface area contributed by atoms with E-state index in [-0.39, 0.29) is 5.82 Å². The summed E-state index contributed by atoms with van der Waals surface area (Å²) in [6, 6.07) is 8.54. The smallest absolute Gasteiger partial charge is 0.134 e. The van der Waals surface area contributed by atoms with Gasteiger partial charge in [-0.2, -0.15) is 0 Å². The predicted molar refractivity (Wildman–Crippen MR) is 73.6 cm³/mol.